The fourth-order valence-electron chi connectivity index (χ4n) is 4.62. The fourth-order valence-corrected chi connectivity index (χ4v) is 4.62. The van der Waals surface area contributed by atoms with E-state index in [4.69, 9.17) is 19.6 Å². The van der Waals surface area contributed by atoms with E-state index in [0.717, 1.165) is 92.5 Å². The molecule has 3 aromatic heterocycles. The van der Waals surface area contributed by atoms with Gasteiger partial charge in [0.15, 0.2) is 0 Å². The number of H-pyrrole nitrogens is 1. The number of ether oxygens (including phenoxy) is 2. The van der Waals surface area contributed by atoms with Crippen LogP contribution < -0.4 is 4.90 Å². The molecule has 7 nitrogen and oxygen atoms in total. The Morgan fingerprint density at radius 3 is 2.64 bits per heavy atom. The average Bonchev–Trinajstić information content (AvgIpc) is 3.23. The van der Waals surface area contributed by atoms with Crippen LogP contribution in [-0.4, -0.2) is 66.2 Å². The highest BCUT2D eigenvalue weighted by Gasteiger charge is 2.21. The topological polar surface area (TPSA) is 83.5 Å². The van der Waals surface area contributed by atoms with Crippen LogP contribution in [0, 0.1) is 17.8 Å². The van der Waals surface area contributed by atoms with Gasteiger partial charge in [0.1, 0.15) is 11.5 Å². The van der Waals surface area contributed by atoms with E-state index in [9.17, 15) is 0 Å². The van der Waals surface area contributed by atoms with Crippen LogP contribution in [-0.2, 0) is 15.9 Å². The van der Waals surface area contributed by atoms with E-state index in [1.807, 2.05) is 6.20 Å². The van der Waals surface area contributed by atoms with Gasteiger partial charge in [0.25, 0.3) is 0 Å². The Morgan fingerprint density at radius 1 is 1.06 bits per heavy atom. The van der Waals surface area contributed by atoms with Crippen molar-refractivity contribution in [2.45, 2.75) is 25.7 Å². The highest BCUT2D eigenvalue weighted by Crippen LogP contribution is 2.34. The number of nitrogens with one attached hydrogen (secondary N) is 1. The molecule has 0 radical (unpaired) electrons. The molecule has 0 unspecified atom stereocenters. The second kappa shape index (κ2) is 10.3. The first kappa shape index (κ1) is 21.9. The van der Waals surface area contributed by atoms with Gasteiger partial charge in [-0.05, 0) is 48.9 Å². The standard InChI is InChI=1S/C26H30N4O3/c31-10-2-1-3-20-16-23-22(15-19-6-11-32-12-7-19)25(29-26(23)28-17-20)21-4-5-24(27-18-21)30-8-13-33-14-9-30/h4-5,16-19,31H,2,6-15H2,(H,28,29). The summed E-state index contributed by atoms with van der Waals surface area (Å²) in [5.74, 6) is 7.70. The van der Waals surface area contributed by atoms with E-state index >= 15 is 0 Å². The van der Waals surface area contributed by atoms with Crippen LogP contribution in [0.2, 0.25) is 0 Å². The summed E-state index contributed by atoms with van der Waals surface area (Å²) in [7, 11) is 0. The number of anilines is 1. The smallest absolute Gasteiger partial charge is 0.138 e. The average molecular weight is 447 g/mol. The van der Waals surface area contributed by atoms with E-state index < -0.39 is 0 Å². The minimum atomic E-state index is 0.0689. The third kappa shape index (κ3) is 5.03. The molecule has 0 amide bonds. The zero-order chi connectivity index (χ0) is 22.5. The Hall–Kier alpha value is -2.92. The monoisotopic (exact) mass is 446 g/mol. The Labute approximate surface area is 194 Å². The van der Waals surface area contributed by atoms with Gasteiger partial charge in [0.2, 0.25) is 0 Å². The van der Waals surface area contributed by atoms with Gasteiger partial charge in [-0.2, -0.15) is 0 Å². The second-order valence-electron chi connectivity index (χ2n) is 8.64. The lowest BCUT2D eigenvalue weighted by molar-refractivity contribution is 0.0666. The molecule has 2 saturated heterocycles. The van der Waals surface area contributed by atoms with Crippen molar-refractivity contribution in [3.05, 3.63) is 41.7 Å². The van der Waals surface area contributed by atoms with Gasteiger partial charge in [-0.25, -0.2) is 9.97 Å². The molecule has 33 heavy (non-hydrogen) atoms. The Balaban J connectivity index is 1.50. The van der Waals surface area contributed by atoms with Gasteiger partial charge >= 0.3 is 0 Å². The summed E-state index contributed by atoms with van der Waals surface area (Å²) in [4.78, 5) is 15.3. The molecular formula is C26H30N4O3. The van der Waals surface area contributed by atoms with Crippen molar-refractivity contribution in [3.63, 3.8) is 0 Å². The van der Waals surface area contributed by atoms with Gasteiger partial charge in [-0.3, -0.25) is 0 Å². The van der Waals surface area contributed by atoms with Gasteiger partial charge in [-0.15, -0.1) is 0 Å². The van der Waals surface area contributed by atoms with Gasteiger partial charge in [-0.1, -0.05) is 11.8 Å². The number of nitrogens with zero attached hydrogens (tertiary/aromatic N) is 3. The maximum Gasteiger partial charge on any atom is 0.138 e. The Kier molecular flexibility index (Phi) is 6.87. The number of aliphatic hydroxyl groups is 1. The molecule has 0 aromatic carbocycles. The first-order valence-electron chi connectivity index (χ1n) is 11.8. The molecule has 0 aliphatic carbocycles. The molecule has 0 spiro atoms. The summed E-state index contributed by atoms with van der Waals surface area (Å²) in [5, 5.41) is 10.1. The molecule has 7 heteroatoms. The van der Waals surface area contributed by atoms with E-state index in [0.29, 0.717) is 12.3 Å². The molecule has 0 atom stereocenters. The van der Waals surface area contributed by atoms with Crippen LogP contribution in [0.5, 0.6) is 0 Å². The van der Waals surface area contributed by atoms with Crippen LogP contribution in [0.4, 0.5) is 5.82 Å². The predicted octanol–water partition coefficient (Wildman–Crippen LogP) is 3.16. The lowest BCUT2D eigenvalue weighted by Gasteiger charge is -2.27. The van der Waals surface area contributed by atoms with Crippen molar-refractivity contribution in [3.8, 4) is 23.1 Å². The van der Waals surface area contributed by atoms with Gasteiger partial charge in [0.05, 0.1) is 25.5 Å². The maximum absolute atomic E-state index is 9.03. The number of hydrogen-bond acceptors (Lipinski definition) is 6. The normalized spacial score (nSPS) is 17.2. The third-order valence-electron chi connectivity index (χ3n) is 6.43. The van der Waals surface area contributed by atoms with E-state index in [-0.39, 0.29) is 6.61 Å². The van der Waals surface area contributed by atoms with Crippen LogP contribution in [0.3, 0.4) is 0 Å². The number of pyridine rings is 2. The number of aliphatic hydroxyl groups excluding tert-OH is 1. The van der Waals surface area contributed by atoms with Crippen LogP contribution in [0.25, 0.3) is 22.3 Å². The lowest BCUT2D eigenvalue weighted by atomic mass is 9.90. The van der Waals surface area contributed by atoms with Crippen LogP contribution in [0.1, 0.15) is 30.4 Å². The number of hydrogen-bond donors (Lipinski definition) is 2. The highest BCUT2D eigenvalue weighted by atomic mass is 16.5. The van der Waals surface area contributed by atoms with Gasteiger partial charge < -0.3 is 24.5 Å². The molecule has 2 aliphatic heterocycles. The number of aromatic amines is 1. The highest BCUT2D eigenvalue weighted by molar-refractivity contribution is 5.89. The summed E-state index contributed by atoms with van der Waals surface area (Å²) < 4.78 is 11.0. The molecule has 2 fully saturated rings. The van der Waals surface area contributed by atoms with Crippen molar-refractivity contribution in [1.29, 1.82) is 0 Å². The number of rotatable bonds is 5. The maximum atomic E-state index is 9.03. The Bertz CT molecular complexity index is 1130. The molecule has 5 rings (SSSR count). The van der Waals surface area contributed by atoms with Crippen molar-refractivity contribution < 1.29 is 14.6 Å². The second-order valence-corrected chi connectivity index (χ2v) is 8.64. The summed E-state index contributed by atoms with van der Waals surface area (Å²) >= 11 is 0. The SMILES string of the molecule is OCCC#Cc1cnc2[nH]c(-c3ccc(N4CCOCC4)nc3)c(CC3CCOCC3)c2c1. The first-order chi connectivity index (χ1) is 16.3. The Morgan fingerprint density at radius 2 is 1.88 bits per heavy atom. The molecule has 0 saturated carbocycles. The fraction of sp³-hybridized carbons (Fsp3) is 0.462. The van der Waals surface area contributed by atoms with Gasteiger partial charge in [0, 0.05) is 61.6 Å². The first-order valence-corrected chi connectivity index (χ1v) is 11.8. The van der Waals surface area contributed by atoms with Crippen molar-refractivity contribution in [2.24, 2.45) is 5.92 Å². The summed E-state index contributed by atoms with van der Waals surface area (Å²) in [6.07, 6.45) is 7.34. The van der Waals surface area contributed by atoms with Crippen LogP contribution in [0.15, 0.2) is 30.6 Å². The van der Waals surface area contributed by atoms with Crippen molar-refractivity contribution in [2.75, 3.05) is 51.0 Å². The van der Waals surface area contributed by atoms with E-state index in [1.165, 1.54) is 5.56 Å². The number of aromatic nitrogens is 3. The van der Waals surface area contributed by atoms with E-state index in [1.54, 1.807) is 6.20 Å². The summed E-state index contributed by atoms with van der Waals surface area (Å²) in [6.45, 7) is 4.96. The molecule has 3 aromatic rings. The molecular weight excluding hydrogens is 416 g/mol. The quantitative estimate of drug-likeness (QED) is 0.586. The zero-order valence-electron chi connectivity index (χ0n) is 18.8. The minimum Gasteiger partial charge on any atom is -0.395 e. The molecule has 5 heterocycles. The molecule has 2 N–H and O–H groups in total. The van der Waals surface area contributed by atoms with E-state index in [2.05, 4.69) is 44.9 Å². The summed E-state index contributed by atoms with van der Waals surface area (Å²) in [5.41, 5.74) is 5.18. The zero-order valence-corrected chi connectivity index (χ0v) is 18.8. The predicted molar refractivity (Wildman–Crippen MR) is 128 cm³/mol. The van der Waals surface area contributed by atoms with Crippen molar-refractivity contribution in [1.82, 2.24) is 15.0 Å². The number of fused-ring (bicyclic) bond motifs is 1. The lowest BCUT2D eigenvalue weighted by Crippen LogP contribution is -2.36. The minimum absolute atomic E-state index is 0.0689. The van der Waals surface area contributed by atoms with Crippen molar-refractivity contribution >= 4 is 16.9 Å². The molecule has 0 bridgehead atoms. The largest absolute Gasteiger partial charge is 0.395 e. The number of morpholine rings is 1. The molecule has 2 aliphatic rings. The molecule has 172 valence electrons. The summed E-state index contributed by atoms with van der Waals surface area (Å²) in [6, 6.07) is 6.37. The third-order valence-corrected chi connectivity index (χ3v) is 6.43. The van der Waals surface area contributed by atoms with Crippen LogP contribution >= 0.6 is 0 Å².